The van der Waals surface area contributed by atoms with Crippen LogP contribution in [0.25, 0.3) is 0 Å². The summed E-state index contributed by atoms with van der Waals surface area (Å²) in [5.41, 5.74) is 20.1. The lowest BCUT2D eigenvalue weighted by Crippen LogP contribution is -2.66. The van der Waals surface area contributed by atoms with Crippen molar-refractivity contribution in [2.75, 3.05) is 46.5 Å². The van der Waals surface area contributed by atoms with Gasteiger partial charge in [0.05, 0.1) is 38.1 Å². The number of ether oxygens (including phenoxy) is 3. The topological polar surface area (TPSA) is 109 Å². The van der Waals surface area contributed by atoms with E-state index in [2.05, 4.69) is 63.1 Å². The van der Waals surface area contributed by atoms with E-state index in [1.807, 2.05) is 0 Å². The van der Waals surface area contributed by atoms with Crippen LogP contribution in [0.5, 0.6) is 0 Å². The molecule has 1 aromatic carbocycles. The molecule has 6 rings (SSSR count). The van der Waals surface area contributed by atoms with Gasteiger partial charge < -0.3 is 31.4 Å². The first kappa shape index (κ1) is 33.8. The van der Waals surface area contributed by atoms with E-state index in [9.17, 15) is 0 Å². The molecule has 0 bridgehead atoms. The quantitative estimate of drug-likeness (QED) is 0.277. The van der Waals surface area contributed by atoms with E-state index in [-0.39, 0.29) is 28.5 Å². The molecule has 0 aliphatic heterocycles. The molecule has 5 fully saturated rings. The van der Waals surface area contributed by atoms with Crippen LogP contribution in [0, 0.1) is 45.8 Å². The van der Waals surface area contributed by atoms with Crippen molar-refractivity contribution in [2.45, 2.75) is 109 Å². The Hall–Kier alpha value is -1.06. The first-order valence-electron chi connectivity index (χ1n) is 18.4. The summed E-state index contributed by atoms with van der Waals surface area (Å²) in [5.74, 6) is 2.94. The summed E-state index contributed by atoms with van der Waals surface area (Å²) in [4.78, 5) is 2.65. The van der Waals surface area contributed by atoms with Gasteiger partial charge in [0.25, 0.3) is 0 Å². The Balaban J connectivity index is 1.30. The fraction of sp³-hybridized carbons (Fsp3) is 0.842. The molecule has 254 valence electrons. The lowest BCUT2D eigenvalue weighted by molar-refractivity contribution is -0.237. The van der Waals surface area contributed by atoms with Crippen molar-refractivity contribution in [2.24, 2.45) is 63.0 Å². The van der Waals surface area contributed by atoms with Gasteiger partial charge in [0.1, 0.15) is 0 Å². The molecule has 7 nitrogen and oxygen atoms in total. The lowest BCUT2D eigenvalue weighted by Gasteiger charge is -2.66. The second kappa shape index (κ2) is 13.8. The van der Waals surface area contributed by atoms with Crippen molar-refractivity contribution < 1.29 is 14.2 Å². The molecular formula is C38H64N4O3. The van der Waals surface area contributed by atoms with Gasteiger partial charge in [0, 0.05) is 37.6 Å². The van der Waals surface area contributed by atoms with Crippen LogP contribution in [0.4, 0.5) is 0 Å². The summed E-state index contributed by atoms with van der Waals surface area (Å²) in [6.07, 6.45) is 11.7. The first-order chi connectivity index (χ1) is 21.7. The molecule has 1 unspecified atom stereocenters. The normalized spacial score (nSPS) is 44.2. The largest absolute Gasteiger partial charge is 0.377 e. The molecule has 0 heterocycles. The maximum Gasteiger partial charge on any atom is 0.0637 e. The van der Waals surface area contributed by atoms with E-state index in [4.69, 9.17) is 31.4 Å². The number of fused-ring (bicyclic) bond motifs is 5. The third-order valence-corrected chi connectivity index (χ3v) is 14.4. The molecule has 12 atom stereocenters. The highest BCUT2D eigenvalue weighted by atomic mass is 16.5. The SMILES string of the molecule is CN(Cc1ccccc1)C1CC[C@]1(C)[C@H]1CC[C@H]2[C@@H]3[C@H](OCCN)C[C@@H]4C[C@@H](OCCN)CC[C@]4(C)[C@H]3C[C@H](OCCN)[C@@]21C. The van der Waals surface area contributed by atoms with Gasteiger partial charge in [-0.25, -0.2) is 0 Å². The number of benzene rings is 1. The van der Waals surface area contributed by atoms with Gasteiger partial charge in [-0.3, -0.25) is 4.90 Å². The Morgan fingerprint density at radius 2 is 1.44 bits per heavy atom. The van der Waals surface area contributed by atoms with Crippen molar-refractivity contribution in [3.05, 3.63) is 35.9 Å². The zero-order chi connectivity index (χ0) is 31.8. The Bertz CT molecular complexity index is 1110. The van der Waals surface area contributed by atoms with Gasteiger partial charge in [0.2, 0.25) is 0 Å². The standard InChI is InChI=1S/C38H64N4O3/c1-36-14-12-28(43-19-16-39)22-27(36)23-31(44-20-17-40)35-29-10-11-32(38(29,3)34(24-30(35)36)45-21-18-41)37(2)15-13-33(37)42(4)25-26-8-6-5-7-9-26/h5-9,27-35H,10-25,39-41H2,1-4H3/t27-,28-,29-,30-,31+,32+,33?,34-,35-,36-,37+,38-/m0/s1. The molecule has 0 amide bonds. The van der Waals surface area contributed by atoms with Gasteiger partial charge in [-0.1, -0.05) is 51.1 Å². The van der Waals surface area contributed by atoms with Gasteiger partial charge in [-0.05, 0) is 111 Å². The summed E-state index contributed by atoms with van der Waals surface area (Å²) >= 11 is 0. The van der Waals surface area contributed by atoms with Crippen LogP contribution in [0.1, 0.15) is 84.1 Å². The van der Waals surface area contributed by atoms with Gasteiger partial charge in [-0.15, -0.1) is 0 Å². The van der Waals surface area contributed by atoms with Crippen LogP contribution in [-0.4, -0.2) is 75.8 Å². The van der Waals surface area contributed by atoms with Crippen LogP contribution in [-0.2, 0) is 20.8 Å². The van der Waals surface area contributed by atoms with E-state index in [0.717, 1.165) is 32.2 Å². The molecule has 0 saturated heterocycles. The predicted octanol–water partition coefficient (Wildman–Crippen LogP) is 5.20. The highest BCUT2D eigenvalue weighted by molar-refractivity contribution is 5.20. The zero-order valence-electron chi connectivity index (χ0n) is 28.8. The smallest absolute Gasteiger partial charge is 0.0637 e. The van der Waals surface area contributed by atoms with E-state index in [1.54, 1.807) is 0 Å². The summed E-state index contributed by atoms with van der Waals surface area (Å²) in [7, 11) is 2.36. The second-order valence-corrected chi connectivity index (χ2v) is 16.3. The molecule has 5 saturated carbocycles. The van der Waals surface area contributed by atoms with Crippen LogP contribution < -0.4 is 17.2 Å². The zero-order valence-corrected chi connectivity index (χ0v) is 28.8. The fourth-order valence-electron chi connectivity index (χ4n) is 12.2. The van der Waals surface area contributed by atoms with E-state index in [1.165, 1.54) is 37.7 Å². The molecule has 45 heavy (non-hydrogen) atoms. The van der Waals surface area contributed by atoms with Crippen molar-refractivity contribution >= 4 is 0 Å². The number of nitrogens with zero attached hydrogens (tertiary/aromatic N) is 1. The van der Waals surface area contributed by atoms with Crippen LogP contribution in [0.3, 0.4) is 0 Å². The molecule has 0 aromatic heterocycles. The van der Waals surface area contributed by atoms with E-state index in [0.29, 0.717) is 81.2 Å². The average Bonchev–Trinajstić information content (AvgIpc) is 3.39. The van der Waals surface area contributed by atoms with Crippen LogP contribution in [0.15, 0.2) is 30.3 Å². The van der Waals surface area contributed by atoms with E-state index >= 15 is 0 Å². The summed E-state index contributed by atoms with van der Waals surface area (Å²) in [5, 5.41) is 0. The molecule has 7 heteroatoms. The minimum Gasteiger partial charge on any atom is -0.377 e. The molecular weight excluding hydrogens is 560 g/mol. The summed E-state index contributed by atoms with van der Waals surface area (Å²) < 4.78 is 20.0. The Kier molecular flexibility index (Phi) is 10.4. The number of hydrogen-bond acceptors (Lipinski definition) is 7. The fourth-order valence-corrected chi connectivity index (χ4v) is 12.2. The van der Waals surface area contributed by atoms with Crippen molar-refractivity contribution in [3.8, 4) is 0 Å². The Labute approximate surface area is 273 Å². The lowest BCUT2D eigenvalue weighted by atomic mass is 9.41. The van der Waals surface area contributed by atoms with Crippen LogP contribution >= 0.6 is 0 Å². The highest BCUT2D eigenvalue weighted by Gasteiger charge is 2.69. The molecule has 0 spiro atoms. The van der Waals surface area contributed by atoms with Crippen LogP contribution in [0.2, 0.25) is 0 Å². The predicted molar refractivity (Wildman–Crippen MR) is 181 cm³/mol. The monoisotopic (exact) mass is 624 g/mol. The van der Waals surface area contributed by atoms with E-state index < -0.39 is 0 Å². The average molecular weight is 625 g/mol. The number of rotatable bonds is 13. The van der Waals surface area contributed by atoms with Gasteiger partial charge in [-0.2, -0.15) is 0 Å². The third kappa shape index (κ3) is 5.95. The maximum absolute atomic E-state index is 6.96. The molecule has 5 aliphatic carbocycles. The molecule has 6 N–H and O–H groups in total. The molecule has 1 aromatic rings. The summed E-state index contributed by atoms with van der Waals surface area (Å²) in [6.45, 7) is 12.6. The van der Waals surface area contributed by atoms with Crippen molar-refractivity contribution in [3.63, 3.8) is 0 Å². The second-order valence-electron chi connectivity index (χ2n) is 16.3. The number of hydrogen-bond donors (Lipinski definition) is 3. The Morgan fingerprint density at radius 1 is 0.756 bits per heavy atom. The summed E-state index contributed by atoms with van der Waals surface area (Å²) in [6, 6.07) is 11.6. The van der Waals surface area contributed by atoms with Crippen molar-refractivity contribution in [1.29, 1.82) is 0 Å². The molecule has 5 aliphatic rings. The first-order valence-corrected chi connectivity index (χ1v) is 18.4. The maximum atomic E-state index is 6.96. The number of nitrogens with two attached hydrogens (primary N) is 3. The minimum atomic E-state index is 0.103. The minimum absolute atomic E-state index is 0.103. The van der Waals surface area contributed by atoms with Gasteiger partial charge in [0.15, 0.2) is 0 Å². The third-order valence-electron chi connectivity index (χ3n) is 14.4. The van der Waals surface area contributed by atoms with Crippen molar-refractivity contribution in [1.82, 2.24) is 4.90 Å². The Morgan fingerprint density at radius 3 is 2.13 bits per heavy atom. The molecule has 0 radical (unpaired) electrons. The van der Waals surface area contributed by atoms with Gasteiger partial charge >= 0.3 is 0 Å². The highest BCUT2D eigenvalue weighted by Crippen LogP contribution is 2.72.